The van der Waals surface area contributed by atoms with E-state index in [2.05, 4.69) is 0 Å². The molecule has 2 rings (SSSR count). The molecule has 0 aromatic heterocycles. The molecule has 0 fully saturated rings. The van der Waals surface area contributed by atoms with Gasteiger partial charge in [-0.1, -0.05) is 36.0 Å². The lowest BCUT2D eigenvalue weighted by Gasteiger charge is -2.12. The first-order valence-electron chi connectivity index (χ1n) is 5.51. The molecule has 2 aromatic rings. The molecule has 0 aliphatic carbocycles. The number of nitrogens with two attached hydrogens (primary N) is 1. The van der Waals surface area contributed by atoms with E-state index in [1.54, 1.807) is 18.2 Å². The quantitative estimate of drug-likeness (QED) is 0.861. The molecular weight excluding hydrogens is 285 g/mol. The van der Waals surface area contributed by atoms with Crippen LogP contribution in [0, 0.1) is 12.7 Å². The summed E-state index contributed by atoms with van der Waals surface area (Å²) in [6.07, 6.45) is 0. The highest BCUT2D eigenvalue weighted by Crippen LogP contribution is 2.32. The average Bonchev–Trinajstić information content (AvgIpc) is 2.32. The van der Waals surface area contributed by atoms with Crippen molar-refractivity contribution in [2.45, 2.75) is 6.92 Å². The first-order valence-corrected chi connectivity index (χ1v) is 6.30. The first kappa shape index (κ1) is 13.8. The number of ether oxygens (including phenoxy) is 1. The van der Waals surface area contributed by atoms with Crippen LogP contribution in [0.5, 0.6) is 11.5 Å². The van der Waals surface area contributed by atoms with Gasteiger partial charge in [-0.25, -0.2) is 4.39 Å². The first-order chi connectivity index (χ1) is 8.99. The standard InChI is InChI=1S/C14H11ClFNOS/c1-8-5-6-11(9(15)7-8)18-12-4-2-3-10(16)13(12)14(17)19/h2-7H,1H3,(H2,17,19). The van der Waals surface area contributed by atoms with Crippen LogP contribution >= 0.6 is 23.8 Å². The highest BCUT2D eigenvalue weighted by Gasteiger charge is 2.14. The van der Waals surface area contributed by atoms with Crippen molar-refractivity contribution in [1.29, 1.82) is 0 Å². The lowest BCUT2D eigenvalue weighted by atomic mass is 10.2. The van der Waals surface area contributed by atoms with Crippen LogP contribution in [-0.2, 0) is 0 Å². The maximum absolute atomic E-state index is 13.7. The minimum Gasteiger partial charge on any atom is -0.455 e. The molecule has 19 heavy (non-hydrogen) atoms. The van der Waals surface area contributed by atoms with Crippen molar-refractivity contribution in [3.05, 3.63) is 58.4 Å². The van der Waals surface area contributed by atoms with Gasteiger partial charge >= 0.3 is 0 Å². The van der Waals surface area contributed by atoms with Crippen LogP contribution in [0.3, 0.4) is 0 Å². The van der Waals surface area contributed by atoms with Crippen molar-refractivity contribution in [3.8, 4) is 11.5 Å². The van der Waals surface area contributed by atoms with Gasteiger partial charge in [0.05, 0.1) is 10.6 Å². The molecule has 98 valence electrons. The molecule has 0 atom stereocenters. The van der Waals surface area contributed by atoms with Crippen LogP contribution in [0.2, 0.25) is 5.02 Å². The molecule has 0 spiro atoms. The molecular formula is C14H11ClFNOS. The molecule has 2 aromatic carbocycles. The normalized spacial score (nSPS) is 10.3. The predicted octanol–water partition coefficient (Wildman–Crippen LogP) is 4.21. The SMILES string of the molecule is Cc1ccc(Oc2cccc(F)c2C(N)=S)c(Cl)c1. The summed E-state index contributed by atoms with van der Waals surface area (Å²) in [7, 11) is 0. The fourth-order valence-electron chi connectivity index (χ4n) is 1.64. The van der Waals surface area contributed by atoms with E-state index in [1.807, 2.05) is 13.0 Å². The Hall–Kier alpha value is -1.65. The van der Waals surface area contributed by atoms with Gasteiger partial charge in [-0.05, 0) is 36.8 Å². The maximum Gasteiger partial charge on any atom is 0.146 e. The highest BCUT2D eigenvalue weighted by molar-refractivity contribution is 7.80. The molecule has 0 saturated heterocycles. The Bertz CT molecular complexity index is 645. The average molecular weight is 296 g/mol. The van der Waals surface area contributed by atoms with Crippen LogP contribution < -0.4 is 10.5 Å². The Kier molecular flexibility index (Phi) is 4.02. The van der Waals surface area contributed by atoms with Gasteiger partial charge in [0, 0.05) is 0 Å². The summed E-state index contributed by atoms with van der Waals surface area (Å²) >= 11 is 10.9. The highest BCUT2D eigenvalue weighted by atomic mass is 35.5. The number of hydrogen-bond acceptors (Lipinski definition) is 2. The Morgan fingerprint density at radius 2 is 2.00 bits per heavy atom. The molecule has 5 heteroatoms. The van der Waals surface area contributed by atoms with Crippen molar-refractivity contribution in [3.63, 3.8) is 0 Å². The van der Waals surface area contributed by atoms with Gasteiger partial charge < -0.3 is 10.5 Å². The predicted molar refractivity (Wildman–Crippen MR) is 78.6 cm³/mol. The summed E-state index contributed by atoms with van der Waals surface area (Å²) in [4.78, 5) is -0.0589. The Balaban J connectivity index is 2.44. The molecule has 0 saturated carbocycles. The third-order valence-corrected chi connectivity index (χ3v) is 3.03. The molecule has 0 radical (unpaired) electrons. The number of hydrogen-bond donors (Lipinski definition) is 1. The molecule has 0 unspecified atom stereocenters. The van der Waals surface area contributed by atoms with Crippen LogP contribution in [0.15, 0.2) is 36.4 Å². The second-order valence-corrected chi connectivity index (χ2v) is 4.86. The molecule has 0 heterocycles. The summed E-state index contributed by atoms with van der Waals surface area (Å²) < 4.78 is 19.3. The van der Waals surface area contributed by atoms with Crippen molar-refractivity contribution in [2.24, 2.45) is 5.73 Å². The van der Waals surface area contributed by atoms with E-state index < -0.39 is 5.82 Å². The molecule has 0 aliphatic rings. The summed E-state index contributed by atoms with van der Waals surface area (Å²) in [5.74, 6) is 0.154. The van der Waals surface area contributed by atoms with Crippen molar-refractivity contribution in [1.82, 2.24) is 0 Å². The van der Waals surface area contributed by atoms with E-state index in [4.69, 9.17) is 34.3 Å². The van der Waals surface area contributed by atoms with Crippen LogP contribution in [-0.4, -0.2) is 4.99 Å². The Morgan fingerprint density at radius 1 is 1.26 bits per heavy atom. The fourth-order valence-corrected chi connectivity index (χ4v) is 2.11. The molecule has 0 aliphatic heterocycles. The van der Waals surface area contributed by atoms with Crippen LogP contribution in [0.1, 0.15) is 11.1 Å². The number of rotatable bonds is 3. The van der Waals surface area contributed by atoms with E-state index in [1.165, 1.54) is 12.1 Å². The van der Waals surface area contributed by atoms with Gasteiger partial charge in [-0.3, -0.25) is 0 Å². The molecule has 2 nitrogen and oxygen atoms in total. The van der Waals surface area contributed by atoms with Crippen molar-refractivity contribution in [2.75, 3.05) is 0 Å². The van der Waals surface area contributed by atoms with E-state index in [9.17, 15) is 4.39 Å². The molecule has 0 bridgehead atoms. The van der Waals surface area contributed by atoms with Crippen LogP contribution in [0.25, 0.3) is 0 Å². The summed E-state index contributed by atoms with van der Waals surface area (Å²) in [5, 5.41) is 0.443. The van der Waals surface area contributed by atoms with E-state index >= 15 is 0 Å². The number of thiocarbonyl (C=S) groups is 1. The monoisotopic (exact) mass is 295 g/mol. The molecule has 2 N–H and O–H groups in total. The van der Waals surface area contributed by atoms with Crippen molar-refractivity contribution < 1.29 is 9.13 Å². The zero-order chi connectivity index (χ0) is 14.0. The third-order valence-electron chi connectivity index (χ3n) is 2.53. The van der Waals surface area contributed by atoms with Gasteiger partial charge in [0.25, 0.3) is 0 Å². The number of halogens is 2. The third kappa shape index (κ3) is 3.03. The van der Waals surface area contributed by atoms with Gasteiger partial charge in [-0.15, -0.1) is 0 Å². The van der Waals surface area contributed by atoms with Gasteiger partial charge in [0.1, 0.15) is 22.3 Å². The largest absolute Gasteiger partial charge is 0.455 e. The van der Waals surface area contributed by atoms with Gasteiger partial charge in [-0.2, -0.15) is 0 Å². The lowest BCUT2D eigenvalue weighted by molar-refractivity contribution is 0.475. The van der Waals surface area contributed by atoms with E-state index in [-0.39, 0.29) is 16.3 Å². The summed E-state index contributed by atoms with van der Waals surface area (Å²) in [5.41, 5.74) is 6.59. The van der Waals surface area contributed by atoms with Gasteiger partial charge in [0.2, 0.25) is 0 Å². The van der Waals surface area contributed by atoms with Gasteiger partial charge in [0.15, 0.2) is 0 Å². The van der Waals surface area contributed by atoms with Crippen LogP contribution in [0.4, 0.5) is 4.39 Å². The summed E-state index contributed by atoms with van der Waals surface area (Å²) in [6, 6.07) is 9.71. The molecule has 0 amide bonds. The second-order valence-electron chi connectivity index (χ2n) is 4.01. The minimum atomic E-state index is -0.520. The maximum atomic E-state index is 13.7. The fraction of sp³-hybridized carbons (Fsp3) is 0.0714. The number of benzene rings is 2. The zero-order valence-electron chi connectivity index (χ0n) is 10.1. The van der Waals surface area contributed by atoms with Crippen molar-refractivity contribution >= 4 is 28.8 Å². The van der Waals surface area contributed by atoms with E-state index in [0.29, 0.717) is 10.8 Å². The lowest BCUT2D eigenvalue weighted by Crippen LogP contribution is -2.13. The number of aryl methyl sites for hydroxylation is 1. The summed E-state index contributed by atoms with van der Waals surface area (Å²) in [6.45, 7) is 1.91. The zero-order valence-corrected chi connectivity index (χ0v) is 11.7. The second kappa shape index (κ2) is 5.55. The minimum absolute atomic E-state index is 0.0589. The smallest absolute Gasteiger partial charge is 0.146 e. The topological polar surface area (TPSA) is 35.2 Å². The Morgan fingerprint density at radius 3 is 2.63 bits per heavy atom. The Labute approximate surface area is 120 Å². The van der Waals surface area contributed by atoms with E-state index in [0.717, 1.165) is 5.56 Å².